The first-order valence-corrected chi connectivity index (χ1v) is 6.57. The SMILES string of the molecule is CNC(=O)c1ccc(NCc2cnn(C)c2C)c(C)c1. The van der Waals surface area contributed by atoms with Gasteiger partial charge < -0.3 is 10.6 Å². The molecule has 5 heteroatoms. The maximum absolute atomic E-state index is 11.6. The van der Waals surface area contributed by atoms with Crippen LogP contribution in [0.1, 0.15) is 27.2 Å². The minimum absolute atomic E-state index is 0.0669. The summed E-state index contributed by atoms with van der Waals surface area (Å²) in [4.78, 5) is 11.6. The van der Waals surface area contributed by atoms with Crippen molar-refractivity contribution in [3.05, 3.63) is 46.8 Å². The van der Waals surface area contributed by atoms with Gasteiger partial charge in [-0.2, -0.15) is 5.10 Å². The van der Waals surface area contributed by atoms with E-state index in [1.165, 1.54) is 5.56 Å². The zero-order chi connectivity index (χ0) is 14.7. The fourth-order valence-electron chi connectivity index (χ4n) is 2.06. The number of hydrogen-bond acceptors (Lipinski definition) is 3. The Kier molecular flexibility index (Phi) is 4.08. The third kappa shape index (κ3) is 2.82. The van der Waals surface area contributed by atoms with Gasteiger partial charge in [-0.1, -0.05) is 0 Å². The molecule has 0 radical (unpaired) electrons. The molecule has 1 amide bonds. The lowest BCUT2D eigenvalue weighted by Crippen LogP contribution is -2.17. The number of carbonyl (C=O) groups excluding carboxylic acids is 1. The van der Waals surface area contributed by atoms with Crippen molar-refractivity contribution in [2.24, 2.45) is 7.05 Å². The molecule has 0 spiro atoms. The first-order chi connectivity index (χ1) is 9.52. The molecule has 0 bridgehead atoms. The summed E-state index contributed by atoms with van der Waals surface area (Å²) in [5.74, 6) is -0.0669. The van der Waals surface area contributed by atoms with E-state index in [-0.39, 0.29) is 5.91 Å². The Morgan fingerprint density at radius 1 is 1.35 bits per heavy atom. The van der Waals surface area contributed by atoms with Crippen molar-refractivity contribution < 1.29 is 4.79 Å². The second-order valence-electron chi connectivity index (χ2n) is 4.84. The number of aromatic nitrogens is 2. The zero-order valence-corrected chi connectivity index (χ0v) is 12.3. The van der Waals surface area contributed by atoms with E-state index < -0.39 is 0 Å². The van der Waals surface area contributed by atoms with Crippen LogP contribution in [0.4, 0.5) is 5.69 Å². The van der Waals surface area contributed by atoms with Gasteiger partial charge in [0.25, 0.3) is 5.91 Å². The van der Waals surface area contributed by atoms with Crippen LogP contribution in [-0.2, 0) is 13.6 Å². The maximum Gasteiger partial charge on any atom is 0.251 e. The number of nitrogens with one attached hydrogen (secondary N) is 2. The minimum Gasteiger partial charge on any atom is -0.381 e. The Labute approximate surface area is 119 Å². The first kappa shape index (κ1) is 14.1. The molecule has 106 valence electrons. The van der Waals surface area contributed by atoms with Gasteiger partial charge in [-0.15, -0.1) is 0 Å². The largest absolute Gasteiger partial charge is 0.381 e. The highest BCUT2D eigenvalue weighted by Crippen LogP contribution is 2.18. The van der Waals surface area contributed by atoms with Gasteiger partial charge in [-0.3, -0.25) is 9.48 Å². The molecule has 2 rings (SSSR count). The van der Waals surface area contributed by atoms with Crippen LogP contribution < -0.4 is 10.6 Å². The molecule has 0 unspecified atom stereocenters. The highest BCUT2D eigenvalue weighted by molar-refractivity contribution is 5.94. The summed E-state index contributed by atoms with van der Waals surface area (Å²) >= 11 is 0. The fraction of sp³-hybridized carbons (Fsp3) is 0.333. The second-order valence-corrected chi connectivity index (χ2v) is 4.84. The average Bonchev–Trinajstić information content (AvgIpc) is 2.76. The first-order valence-electron chi connectivity index (χ1n) is 6.57. The van der Waals surface area contributed by atoms with Crippen LogP contribution in [0.25, 0.3) is 0 Å². The van der Waals surface area contributed by atoms with Gasteiger partial charge in [0.1, 0.15) is 0 Å². The number of carbonyl (C=O) groups is 1. The van der Waals surface area contributed by atoms with E-state index in [0.717, 1.165) is 23.5 Å². The van der Waals surface area contributed by atoms with Crippen molar-refractivity contribution in [2.75, 3.05) is 12.4 Å². The zero-order valence-electron chi connectivity index (χ0n) is 12.3. The predicted molar refractivity (Wildman–Crippen MR) is 79.8 cm³/mol. The lowest BCUT2D eigenvalue weighted by molar-refractivity contribution is 0.0963. The predicted octanol–water partition coefficient (Wildman–Crippen LogP) is 2.01. The molecule has 2 aromatic rings. The van der Waals surface area contributed by atoms with Crippen LogP contribution in [0.15, 0.2) is 24.4 Å². The molecule has 1 heterocycles. The monoisotopic (exact) mass is 272 g/mol. The summed E-state index contributed by atoms with van der Waals surface area (Å²) in [5.41, 5.74) is 5.07. The van der Waals surface area contributed by atoms with Crippen molar-refractivity contribution in [1.29, 1.82) is 0 Å². The Balaban J connectivity index is 2.10. The highest BCUT2D eigenvalue weighted by atomic mass is 16.1. The van der Waals surface area contributed by atoms with E-state index in [9.17, 15) is 4.79 Å². The van der Waals surface area contributed by atoms with Crippen molar-refractivity contribution >= 4 is 11.6 Å². The standard InChI is InChI=1S/C15H20N4O/c1-10-7-12(15(20)16-3)5-6-14(10)17-8-13-9-18-19(4)11(13)2/h5-7,9,17H,8H2,1-4H3,(H,16,20). The molecule has 1 aromatic carbocycles. The lowest BCUT2D eigenvalue weighted by Gasteiger charge is -2.10. The minimum atomic E-state index is -0.0669. The topological polar surface area (TPSA) is 59.0 Å². The molecule has 0 saturated heterocycles. The van der Waals surface area contributed by atoms with Crippen LogP contribution in [0.2, 0.25) is 0 Å². The third-order valence-electron chi connectivity index (χ3n) is 3.52. The Morgan fingerprint density at radius 3 is 2.65 bits per heavy atom. The van der Waals surface area contributed by atoms with E-state index >= 15 is 0 Å². The molecule has 2 N–H and O–H groups in total. The molecule has 0 aliphatic heterocycles. The summed E-state index contributed by atoms with van der Waals surface area (Å²) < 4.78 is 1.86. The van der Waals surface area contributed by atoms with Gasteiger partial charge in [0.05, 0.1) is 6.20 Å². The number of nitrogens with zero attached hydrogens (tertiary/aromatic N) is 2. The van der Waals surface area contributed by atoms with Gasteiger partial charge in [-0.25, -0.2) is 0 Å². The quantitative estimate of drug-likeness (QED) is 0.895. The van der Waals surface area contributed by atoms with Gasteiger partial charge >= 0.3 is 0 Å². The van der Waals surface area contributed by atoms with Crippen LogP contribution in [-0.4, -0.2) is 22.7 Å². The van der Waals surface area contributed by atoms with E-state index in [1.807, 2.05) is 50.0 Å². The molecule has 1 aromatic heterocycles. The number of hydrogen-bond donors (Lipinski definition) is 2. The third-order valence-corrected chi connectivity index (χ3v) is 3.52. The summed E-state index contributed by atoms with van der Waals surface area (Å²) in [6, 6.07) is 5.65. The maximum atomic E-state index is 11.6. The lowest BCUT2D eigenvalue weighted by atomic mass is 10.1. The van der Waals surface area contributed by atoms with Crippen molar-refractivity contribution in [3.63, 3.8) is 0 Å². The van der Waals surface area contributed by atoms with Gasteiger partial charge in [0.2, 0.25) is 0 Å². The summed E-state index contributed by atoms with van der Waals surface area (Å²) in [6.45, 7) is 4.76. The van der Waals surface area contributed by atoms with Crippen molar-refractivity contribution in [2.45, 2.75) is 20.4 Å². The van der Waals surface area contributed by atoms with Crippen molar-refractivity contribution in [1.82, 2.24) is 15.1 Å². The molecular formula is C15H20N4O. The summed E-state index contributed by atoms with van der Waals surface area (Å²) in [6.07, 6.45) is 1.87. The molecular weight excluding hydrogens is 252 g/mol. The van der Waals surface area contributed by atoms with Crippen LogP contribution in [0.5, 0.6) is 0 Å². The fourth-order valence-corrected chi connectivity index (χ4v) is 2.06. The number of aryl methyl sites for hydroxylation is 2. The normalized spacial score (nSPS) is 10.4. The van der Waals surface area contributed by atoms with Crippen LogP contribution in [0.3, 0.4) is 0 Å². The highest BCUT2D eigenvalue weighted by Gasteiger charge is 2.07. The number of rotatable bonds is 4. The smallest absolute Gasteiger partial charge is 0.251 e. The van der Waals surface area contributed by atoms with Crippen LogP contribution in [0, 0.1) is 13.8 Å². The molecule has 0 aliphatic rings. The summed E-state index contributed by atoms with van der Waals surface area (Å²) in [5, 5.41) is 10.2. The van der Waals surface area contributed by atoms with E-state index in [4.69, 9.17) is 0 Å². The van der Waals surface area contributed by atoms with E-state index in [2.05, 4.69) is 15.7 Å². The molecule has 5 nitrogen and oxygen atoms in total. The van der Waals surface area contributed by atoms with Crippen molar-refractivity contribution in [3.8, 4) is 0 Å². The Bertz CT molecular complexity index is 631. The average molecular weight is 272 g/mol. The number of benzene rings is 1. The van der Waals surface area contributed by atoms with Crippen LogP contribution >= 0.6 is 0 Å². The molecule has 0 saturated carbocycles. The molecule has 20 heavy (non-hydrogen) atoms. The number of anilines is 1. The van der Waals surface area contributed by atoms with Gasteiger partial charge in [0, 0.05) is 43.1 Å². The van der Waals surface area contributed by atoms with E-state index in [0.29, 0.717) is 5.56 Å². The molecule has 0 atom stereocenters. The Hall–Kier alpha value is -2.30. The molecule has 0 aliphatic carbocycles. The summed E-state index contributed by atoms with van der Waals surface area (Å²) in [7, 11) is 3.57. The van der Waals surface area contributed by atoms with Gasteiger partial charge in [0.15, 0.2) is 0 Å². The Morgan fingerprint density at radius 2 is 2.10 bits per heavy atom. The van der Waals surface area contributed by atoms with Gasteiger partial charge in [-0.05, 0) is 37.6 Å². The second kappa shape index (κ2) is 5.77. The van der Waals surface area contributed by atoms with E-state index in [1.54, 1.807) is 7.05 Å². The number of amides is 1. The molecule has 0 fully saturated rings.